The molecular formula is C26H27N3O6. The van der Waals surface area contributed by atoms with E-state index in [0.717, 1.165) is 11.3 Å². The van der Waals surface area contributed by atoms with Gasteiger partial charge in [0.2, 0.25) is 0 Å². The Morgan fingerprint density at radius 2 is 2.03 bits per heavy atom. The molecular weight excluding hydrogens is 450 g/mol. The third-order valence-electron chi connectivity index (χ3n) is 5.34. The second-order valence-corrected chi connectivity index (χ2v) is 7.54. The number of nitrogens with one attached hydrogen (secondary N) is 1. The normalized spacial score (nSPS) is 10.7. The summed E-state index contributed by atoms with van der Waals surface area (Å²) in [5, 5.41) is 12.3. The molecule has 2 aromatic heterocycles. The summed E-state index contributed by atoms with van der Waals surface area (Å²) >= 11 is 0. The van der Waals surface area contributed by atoms with E-state index in [1.54, 1.807) is 47.2 Å². The van der Waals surface area contributed by atoms with Gasteiger partial charge in [-0.25, -0.2) is 4.79 Å². The number of hydrogen-bond acceptors (Lipinski definition) is 7. The van der Waals surface area contributed by atoms with Crippen molar-refractivity contribution in [3.63, 3.8) is 0 Å². The van der Waals surface area contributed by atoms with Crippen molar-refractivity contribution in [3.8, 4) is 17.6 Å². The summed E-state index contributed by atoms with van der Waals surface area (Å²) in [5.74, 6) is 0.891. The number of methoxy groups -OCH3 is 1. The molecule has 9 nitrogen and oxygen atoms in total. The zero-order valence-corrected chi connectivity index (χ0v) is 20.1. The van der Waals surface area contributed by atoms with Crippen LogP contribution in [0, 0.1) is 25.2 Å². The average molecular weight is 478 g/mol. The fourth-order valence-electron chi connectivity index (χ4n) is 3.47. The Bertz CT molecular complexity index is 1270. The van der Waals surface area contributed by atoms with Crippen molar-refractivity contribution >= 4 is 23.8 Å². The van der Waals surface area contributed by atoms with E-state index in [-0.39, 0.29) is 0 Å². The summed E-state index contributed by atoms with van der Waals surface area (Å²) in [6.07, 6.45) is 4.32. The Hall–Kier alpha value is -4.45. The lowest BCUT2D eigenvalue weighted by Crippen LogP contribution is -2.22. The Balaban J connectivity index is 1.64. The number of furan rings is 1. The summed E-state index contributed by atoms with van der Waals surface area (Å²) in [6, 6.07) is 10.9. The average Bonchev–Trinajstić information content (AvgIpc) is 3.45. The number of ether oxygens (including phenoxy) is 3. The van der Waals surface area contributed by atoms with Gasteiger partial charge in [-0.15, -0.1) is 0 Å². The van der Waals surface area contributed by atoms with E-state index in [1.165, 1.54) is 13.2 Å². The number of anilines is 1. The lowest BCUT2D eigenvalue weighted by atomic mass is 10.2. The first-order valence-electron chi connectivity index (χ1n) is 11.0. The smallest absolute Gasteiger partial charge is 0.331 e. The molecule has 0 unspecified atom stereocenters. The van der Waals surface area contributed by atoms with Crippen LogP contribution in [0.25, 0.3) is 6.08 Å². The molecule has 0 radical (unpaired) electrons. The van der Waals surface area contributed by atoms with E-state index in [9.17, 15) is 14.9 Å². The molecule has 2 heterocycles. The standard InChI is InChI=1S/C26H27N3O6/c1-5-33-22-10-8-19(13-23(22)32-4)9-11-25(31)35-16-24(30)28-26-21(14-27)17(2)18(3)29(26)15-20-7-6-12-34-20/h6-13H,5,15-16H2,1-4H3,(H,28,30)/b11-9+. The molecule has 35 heavy (non-hydrogen) atoms. The minimum atomic E-state index is -0.688. The molecule has 1 amide bonds. The Morgan fingerprint density at radius 3 is 2.69 bits per heavy atom. The van der Waals surface area contributed by atoms with Gasteiger partial charge in [-0.3, -0.25) is 4.79 Å². The number of nitriles is 1. The van der Waals surface area contributed by atoms with Crippen LogP contribution in [-0.4, -0.2) is 36.8 Å². The molecule has 1 aromatic carbocycles. The highest BCUT2D eigenvalue weighted by atomic mass is 16.5. The van der Waals surface area contributed by atoms with Gasteiger partial charge >= 0.3 is 5.97 Å². The summed E-state index contributed by atoms with van der Waals surface area (Å²) in [6.45, 7) is 5.87. The van der Waals surface area contributed by atoms with Gasteiger partial charge in [0.15, 0.2) is 18.1 Å². The molecule has 0 saturated carbocycles. The highest BCUT2D eigenvalue weighted by Crippen LogP contribution is 2.29. The first-order chi connectivity index (χ1) is 16.9. The van der Waals surface area contributed by atoms with Crippen molar-refractivity contribution in [1.82, 2.24) is 4.57 Å². The number of carbonyl (C=O) groups excluding carboxylic acids is 2. The summed E-state index contributed by atoms with van der Waals surface area (Å²) in [7, 11) is 1.53. The molecule has 0 atom stereocenters. The van der Waals surface area contributed by atoms with Crippen LogP contribution in [0.3, 0.4) is 0 Å². The number of carbonyl (C=O) groups is 2. The van der Waals surface area contributed by atoms with Crippen molar-refractivity contribution in [3.05, 3.63) is 70.8 Å². The zero-order chi connectivity index (χ0) is 25.4. The molecule has 0 bridgehead atoms. The first-order valence-corrected chi connectivity index (χ1v) is 11.0. The maximum atomic E-state index is 12.5. The molecule has 3 rings (SSSR count). The number of nitrogens with zero attached hydrogens (tertiary/aromatic N) is 2. The van der Waals surface area contributed by atoms with Crippen LogP contribution in [0.15, 0.2) is 47.1 Å². The molecule has 9 heteroatoms. The number of esters is 1. The van der Waals surface area contributed by atoms with Crippen molar-refractivity contribution in [1.29, 1.82) is 5.26 Å². The van der Waals surface area contributed by atoms with Gasteiger partial charge in [-0.1, -0.05) is 6.07 Å². The lowest BCUT2D eigenvalue weighted by molar-refractivity contribution is -0.142. The van der Waals surface area contributed by atoms with Gasteiger partial charge in [0.25, 0.3) is 5.91 Å². The first kappa shape index (κ1) is 25.2. The monoisotopic (exact) mass is 477 g/mol. The van der Waals surface area contributed by atoms with E-state index in [4.69, 9.17) is 18.6 Å². The van der Waals surface area contributed by atoms with Crippen LogP contribution in [-0.2, 0) is 20.9 Å². The molecule has 182 valence electrons. The molecule has 0 saturated heterocycles. The van der Waals surface area contributed by atoms with Crippen LogP contribution in [0.1, 0.15) is 35.1 Å². The predicted molar refractivity (Wildman–Crippen MR) is 129 cm³/mol. The van der Waals surface area contributed by atoms with Crippen molar-refractivity contribution in [2.45, 2.75) is 27.3 Å². The van der Waals surface area contributed by atoms with Gasteiger partial charge in [0.05, 0.1) is 32.1 Å². The fraction of sp³-hybridized carbons (Fsp3) is 0.269. The number of aromatic nitrogens is 1. The predicted octanol–water partition coefficient (Wildman–Crippen LogP) is 4.22. The van der Waals surface area contributed by atoms with Crippen LogP contribution in [0.2, 0.25) is 0 Å². The minimum absolute atomic E-state index is 0.331. The zero-order valence-electron chi connectivity index (χ0n) is 20.1. The quantitative estimate of drug-likeness (QED) is 0.343. The minimum Gasteiger partial charge on any atom is -0.493 e. The molecule has 0 spiro atoms. The molecule has 0 aliphatic heterocycles. The topological polar surface area (TPSA) is 116 Å². The number of rotatable bonds is 10. The van der Waals surface area contributed by atoms with Gasteiger partial charge in [0, 0.05) is 11.8 Å². The second kappa shape index (κ2) is 11.6. The van der Waals surface area contributed by atoms with E-state index in [0.29, 0.717) is 47.4 Å². The molecule has 0 fully saturated rings. The van der Waals surface area contributed by atoms with Crippen molar-refractivity contribution in [2.24, 2.45) is 0 Å². The van der Waals surface area contributed by atoms with Gasteiger partial charge in [-0.05, 0) is 62.2 Å². The van der Waals surface area contributed by atoms with Crippen LogP contribution in [0.5, 0.6) is 11.5 Å². The van der Waals surface area contributed by atoms with E-state index in [2.05, 4.69) is 11.4 Å². The summed E-state index contributed by atoms with van der Waals surface area (Å²) in [5.41, 5.74) is 2.61. The van der Waals surface area contributed by atoms with Crippen LogP contribution in [0.4, 0.5) is 5.82 Å². The molecule has 3 aromatic rings. The van der Waals surface area contributed by atoms with Gasteiger partial charge < -0.3 is 28.5 Å². The second-order valence-electron chi connectivity index (χ2n) is 7.54. The van der Waals surface area contributed by atoms with E-state index < -0.39 is 18.5 Å². The third kappa shape index (κ3) is 6.12. The largest absolute Gasteiger partial charge is 0.493 e. The Kier molecular flexibility index (Phi) is 8.35. The van der Waals surface area contributed by atoms with E-state index in [1.807, 2.05) is 20.8 Å². The molecule has 0 aliphatic carbocycles. The molecule has 0 aliphatic rings. The third-order valence-corrected chi connectivity index (χ3v) is 5.34. The van der Waals surface area contributed by atoms with E-state index >= 15 is 0 Å². The number of amides is 1. The summed E-state index contributed by atoms with van der Waals surface area (Å²) in [4.78, 5) is 24.7. The van der Waals surface area contributed by atoms with Crippen molar-refractivity contribution < 1.29 is 28.2 Å². The lowest BCUT2D eigenvalue weighted by Gasteiger charge is -2.12. The Labute approximate surface area is 203 Å². The molecule has 1 N–H and O–H groups in total. The fourth-order valence-corrected chi connectivity index (χ4v) is 3.47. The number of benzene rings is 1. The summed E-state index contributed by atoms with van der Waals surface area (Å²) < 4.78 is 23.0. The number of hydrogen-bond donors (Lipinski definition) is 1. The maximum Gasteiger partial charge on any atom is 0.331 e. The SMILES string of the molecule is CCOc1ccc(/C=C/C(=O)OCC(=O)Nc2c(C#N)c(C)c(C)n2Cc2ccco2)cc1OC. The van der Waals surface area contributed by atoms with Gasteiger partial charge in [-0.2, -0.15) is 5.26 Å². The van der Waals surface area contributed by atoms with Crippen LogP contribution >= 0.6 is 0 Å². The van der Waals surface area contributed by atoms with Gasteiger partial charge in [0.1, 0.15) is 17.6 Å². The highest BCUT2D eigenvalue weighted by molar-refractivity contribution is 5.95. The maximum absolute atomic E-state index is 12.5. The Morgan fingerprint density at radius 1 is 1.23 bits per heavy atom. The van der Waals surface area contributed by atoms with Crippen LogP contribution < -0.4 is 14.8 Å². The highest BCUT2D eigenvalue weighted by Gasteiger charge is 2.20. The van der Waals surface area contributed by atoms with Crippen molar-refractivity contribution in [2.75, 3.05) is 25.6 Å².